The second-order valence-corrected chi connectivity index (χ2v) is 4.22. The van der Waals surface area contributed by atoms with Gasteiger partial charge in [-0.05, 0) is 7.05 Å². The predicted molar refractivity (Wildman–Crippen MR) is 70.6 cm³/mol. The molecule has 0 saturated carbocycles. The molecule has 0 radical (unpaired) electrons. The molecule has 7 nitrogen and oxygen atoms in total. The molecule has 0 unspecified atom stereocenters. The lowest BCUT2D eigenvalue weighted by Gasteiger charge is -2.32. The summed E-state index contributed by atoms with van der Waals surface area (Å²) in [5, 5.41) is 18.5. The molecule has 19 heavy (non-hydrogen) atoms. The Morgan fingerprint density at radius 2 is 1.89 bits per heavy atom. The molecule has 1 aliphatic rings. The first-order valence-corrected chi connectivity index (χ1v) is 5.53. The predicted octanol–water partition coefficient (Wildman–Crippen LogP) is 0.217. The lowest BCUT2D eigenvalue weighted by molar-refractivity contribution is 0.0659. The number of carboxylic acid groups (broad SMARTS) is 1. The van der Waals surface area contributed by atoms with Crippen molar-refractivity contribution < 1.29 is 19.4 Å². The van der Waals surface area contributed by atoms with Gasteiger partial charge in [-0.15, -0.1) is 12.4 Å². The summed E-state index contributed by atoms with van der Waals surface area (Å²) < 4.78 is 5.08. The highest BCUT2D eigenvalue weighted by molar-refractivity contribution is 5.85. The molecular formula is C11H15ClN2O5. The largest absolute Gasteiger partial charge is 0.500 e. The van der Waals surface area contributed by atoms with Gasteiger partial charge in [-0.3, -0.25) is 4.79 Å². The van der Waals surface area contributed by atoms with Crippen molar-refractivity contribution in [3.63, 3.8) is 0 Å². The zero-order chi connectivity index (χ0) is 13.3. The Hall–Kier alpha value is -1.73. The molecule has 0 aromatic carbocycles. The van der Waals surface area contributed by atoms with Gasteiger partial charge in [0.1, 0.15) is 0 Å². The summed E-state index contributed by atoms with van der Waals surface area (Å²) in [5.74, 6) is -2.40. The smallest absolute Gasteiger partial charge is 0.372 e. The Balaban J connectivity index is 0.00000180. The van der Waals surface area contributed by atoms with Crippen molar-refractivity contribution in [2.75, 3.05) is 38.1 Å². The fourth-order valence-corrected chi connectivity index (χ4v) is 1.80. The number of halogens is 1. The van der Waals surface area contributed by atoms with Gasteiger partial charge in [-0.1, -0.05) is 0 Å². The van der Waals surface area contributed by atoms with Crippen LogP contribution in [-0.2, 0) is 0 Å². The highest BCUT2D eigenvalue weighted by Gasteiger charge is 2.23. The molecule has 106 valence electrons. The Kier molecular flexibility index (Phi) is 4.79. The minimum absolute atomic E-state index is 0. The van der Waals surface area contributed by atoms with E-state index >= 15 is 0 Å². The highest BCUT2D eigenvalue weighted by atomic mass is 35.5. The number of hydrogen-bond donors (Lipinski definition) is 2. The van der Waals surface area contributed by atoms with Gasteiger partial charge in [-0.2, -0.15) is 0 Å². The number of likely N-dealkylation sites (N-methyl/N-ethyl adjacent to an activating group) is 1. The van der Waals surface area contributed by atoms with E-state index < -0.39 is 22.9 Å². The zero-order valence-corrected chi connectivity index (χ0v) is 11.1. The first-order chi connectivity index (χ1) is 8.49. The fraction of sp³-hybridized carbons (Fsp3) is 0.455. The van der Waals surface area contributed by atoms with E-state index in [9.17, 15) is 14.7 Å². The summed E-state index contributed by atoms with van der Waals surface area (Å²) in [6, 6.07) is 0.775. The van der Waals surface area contributed by atoms with E-state index in [0.29, 0.717) is 13.1 Å². The van der Waals surface area contributed by atoms with Crippen LogP contribution in [0.4, 0.5) is 5.88 Å². The third-order valence-corrected chi connectivity index (χ3v) is 2.91. The first kappa shape index (κ1) is 15.3. The fourth-order valence-electron chi connectivity index (χ4n) is 1.80. The molecule has 0 amide bonds. The quantitative estimate of drug-likeness (QED) is 0.804. The summed E-state index contributed by atoms with van der Waals surface area (Å²) in [7, 11) is 1.96. The molecule has 0 atom stereocenters. The van der Waals surface area contributed by atoms with E-state index in [2.05, 4.69) is 4.90 Å². The SMILES string of the molecule is CN1CCN(c2oc(C(=O)O)cc(=O)c2O)CC1.Cl. The van der Waals surface area contributed by atoms with Crippen molar-refractivity contribution in [3.05, 3.63) is 22.0 Å². The number of hydrogen-bond acceptors (Lipinski definition) is 6. The first-order valence-electron chi connectivity index (χ1n) is 5.53. The number of aromatic hydroxyl groups is 1. The van der Waals surface area contributed by atoms with Crippen LogP contribution in [0.3, 0.4) is 0 Å². The van der Waals surface area contributed by atoms with Gasteiger partial charge in [0.05, 0.1) is 0 Å². The van der Waals surface area contributed by atoms with Crippen LogP contribution < -0.4 is 10.3 Å². The van der Waals surface area contributed by atoms with Crippen molar-refractivity contribution in [2.24, 2.45) is 0 Å². The van der Waals surface area contributed by atoms with Crippen LogP contribution in [-0.4, -0.2) is 54.3 Å². The maximum absolute atomic E-state index is 11.5. The Labute approximate surface area is 115 Å². The lowest BCUT2D eigenvalue weighted by Crippen LogP contribution is -2.44. The molecule has 1 aliphatic heterocycles. The number of carbonyl (C=O) groups is 1. The Morgan fingerprint density at radius 1 is 1.32 bits per heavy atom. The summed E-state index contributed by atoms with van der Waals surface area (Å²) in [6.45, 7) is 2.63. The van der Waals surface area contributed by atoms with Crippen LogP contribution in [0.5, 0.6) is 5.75 Å². The van der Waals surface area contributed by atoms with Crippen molar-refractivity contribution in [1.82, 2.24) is 4.90 Å². The molecule has 2 heterocycles. The number of anilines is 1. The van der Waals surface area contributed by atoms with Gasteiger partial charge in [-0.25, -0.2) is 4.79 Å². The summed E-state index contributed by atoms with van der Waals surface area (Å²) in [6.07, 6.45) is 0. The van der Waals surface area contributed by atoms with Gasteiger partial charge < -0.3 is 24.4 Å². The summed E-state index contributed by atoms with van der Waals surface area (Å²) in [4.78, 5) is 26.0. The monoisotopic (exact) mass is 290 g/mol. The summed E-state index contributed by atoms with van der Waals surface area (Å²) in [5.41, 5.74) is -0.743. The highest BCUT2D eigenvalue weighted by Crippen LogP contribution is 2.25. The molecule has 2 rings (SSSR count). The molecular weight excluding hydrogens is 276 g/mol. The lowest BCUT2D eigenvalue weighted by atomic mass is 10.3. The molecule has 1 fully saturated rings. The van der Waals surface area contributed by atoms with Crippen LogP contribution in [0.2, 0.25) is 0 Å². The maximum atomic E-state index is 11.5. The molecule has 0 aliphatic carbocycles. The molecule has 0 spiro atoms. The number of carboxylic acids is 1. The van der Waals surface area contributed by atoms with Crippen molar-refractivity contribution in [1.29, 1.82) is 0 Å². The van der Waals surface area contributed by atoms with Crippen LogP contribution in [0, 0.1) is 0 Å². The Morgan fingerprint density at radius 3 is 2.42 bits per heavy atom. The van der Waals surface area contributed by atoms with E-state index in [0.717, 1.165) is 19.2 Å². The zero-order valence-electron chi connectivity index (χ0n) is 10.3. The third kappa shape index (κ3) is 3.18. The molecule has 1 aromatic rings. The molecule has 8 heteroatoms. The van der Waals surface area contributed by atoms with Crippen LogP contribution >= 0.6 is 12.4 Å². The van der Waals surface area contributed by atoms with Crippen LogP contribution in [0.25, 0.3) is 0 Å². The van der Waals surface area contributed by atoms with E-state index in [1.165, 1.54) is 0 Å². The van der Waals surface area contributed by atoms with E-state index in [-0.39, 0.29) is 18.3 Å². The maximum Gasteiger partial charge on any atom is 0.372 e. The van der Waals surface area contributed by atoms with Crippen LogP contribution in [0.15, 0.2) is 15.3 Å². The molecule has 0 bridgehead atoms. The van der Waals surface area contributed by atoms with Crippen LogP contribution in [0.1, 0.15) is 10.6 Å². The van der Waals surface area contributed by atoms with Crippen molar-refractivity contribution >= 4 is 24.3 Å². The normalized spacial score (nSPS) is 15.9. The Bertz CT molecular complexity index is 522. The number of nitrogens with zero attached hydrogens (tertiary/aromatic N) is 2. The van der Waals surface area contributed by atoms with Gasteiger partial charge >= 0.3 is 5.97 Å². The topological polar surface area (TPSA) is 94.2 Å². The average molecular weight is 291 g/mol. The van der Waals surface area contributed by atoms with E-state index in [1.807, 2.05) is 7.05 Å². The number of aromatic carboxylic acids is 1. The minimum Gasteiger partial charge on any atom is -0.500 e. The second kappa shape index (κ2) is 5.94. The average Bonchev–Trinajstić information content (AvgIpc) is 2.33. The van der Waals surface area contributed by atoms with Gasteiger partial charge in [0, 0.05) is 32.2 Å². The van der Waals surface area contributed by atoms with Crippen molar-refractivity contribution in [3.8, 4) is 5.75 Å². The van der Waals surface area contributed by atoms with E-state index in [4.69, 9.17) is 9.52 Å². The van der Waals surface area contributed by atoms with Crippen molar-refractivity contribution in [2.45, 2.75) is 0 Å². The molecule has 2 N–H and O–H groups in total. The third-order valence-electron chi connectivity index (χ3n) is 2.91. The number of rotatable bonds is 2. The minimum atomic E-state index is -1.33. The number of piperazine rings is 1. The van der Waals surface area contributed by atoms with Gasteiger partial charge in [0.25, 0.3) is 0 Å². The standard InChI is InChI=1S/C11H14N2O5.ClH/c1-12-2-4-13(5-3-12)10-9(15)7(14)6-8(18-10)11(16)17;/h6,15H,2-5H2,1H3,(H,16,17);1H. The molecule has 1 saturated heterocycles. The second-order valence-electron chi connectivity index (χ2n) is 4.22. The summed E-state index contributed by atoms with van der Waals surface area (Å²) >= 11 is 0. The van der Waals surface area contributed by atoms with Gasteiger partial charge in [0.15, 0.2) is 0 Å². The molecule has 1 aromatic heterocycles. The van der Waals surface area contributed by atoms with E-state index in [1.54, 1.807) is 4.90 Å². The van der Waals surface area contributed by atoms with Gasteiger partial charge in [0.2, 0.25) is 22.8 Å².